The standard InChI is InChI=1S/C24H41N5O.HI/c1-7-25-23(27-18-24(29(5)6)14-9-10-19(2)17-24)26-15-13-20-11-8-12-21(16-20)22(30)28(3)4;/h8,11-12,16,19H,7,9-10,13-15,17-18H2,1-6H3,(H2,25,26,27);1H. The van der Waals surface area contributed by atoms with Gasteiger partial charge < -0.3 is 20.4 Å². The molecule has 2 atom stereocenters. The van der Waals surface area contributed by atoms with Crippen molar-refractivity contribution in [2.45, 2.75) is 51.5 Å². The smallest absolute Gasteiger partial charge is 0.253 e. The maximum atomic E-state index is 12.2. The van der Waals surface area contributed by atoms with Gasteiger partial charge in [-0.3, -0.25) is 9.79 Å². The molecular formula is C24H42IN5O. The summed E-state index contributed by atoms with van der Waals surface area (Å²) in [6.45, 7) is 6.88. The third-order valence-electron chi connectivity index (χ3n) is 6.18. The van der Waals surface area contributed by atoms with Gasteiger partial charge in [-0.2, -0.15) is 0 Å². The molecule has 176 valence electrons. The van der Waals surface area contributed by atoms with E-state index in [1.165, 1.54) is 25.7 Å². The van der Waals surface area contributed by atoms with E-state index < -0.39 is 0 Å². The van der Waals surface area contributed by atoms with Crippen LogP contribution in [0.5, 0.6) is 0 Å². The molecule has 1 amide bonds. The lowest BCUT2D eigenvalue weighted by atomic mass is 9.75. The predicted molar refractivity (Wildman–Crippen MR) is 142 cm³/mol. The Balaban J connectivity index is 0.00000480. The summed E-state index contributed by atoms with van der Waals surface area (Å²) in [5, 5.41) is 6.85. The summed E-state index contributed by atoms with van der Waals surface area (Å²) in [5.74, 6) is 1.66. The molecule has 31 heavy (non-hydrogen) atoms. The molecule has 0 heterocycles. The first-order valence-corrected chi connectivity index (χ1v) is 11.3. The number of likely N-dealkylation sites (N-methyl/N-ethyl adjacent to an activating group) is 1. The molecule has 0 radical (unpaired) electrons. The molecule has 7 heteroatoms. The summed E-state index contributed by atoms with van der Waals surface area (Å²) in [7, 11) is 7.94. The highest BCUT2D eigenvalue weighted by molar-refractivity contribution is 14.0. The Morgan fingerprint density at radius 1 is 1.23 bits per heavy atom. The second-order valence-electron chi connectivity index (χ2n) is 9.09. The van der Waals surface area contributed by atoms with E-state index in [0.29, 0.717) is 0 Å². The van der Waals surface area contributed by atoms with Crippen molar-refractivity contribution in [2.75, 3.05) is 47.8 Å². The minimum absolute atomic E-state index is 0. The molecule has 0 aromatic heterocycles. The summed E-state index contributed by atoms with van der Waals surface area (Å²) >= 11 is 0. The van der Waals surface area contributed by atoms with Crippen LogP contribution in [0.1, 0.15) is 55.5 Å². The van der Waals surface area contributed by atoms with E-state index in [1.807, 2.05) is 18.2 Å². The number of amides is 1. The van der Waals surface area contributed by atoms with Crippen molar-refractivity contribution in [2.24, 2.45) is 10.9 Å². The average molecular weight is 544 g/mol. The van der Waals surface area contributed by atoms with Crippen molar-refractivity contribution >= 4 is 35.8 Å². The van der Waals surface area contributed by atoms with Crippen molar-refractivity contribution in [1.29, 1.82) is 0 Å². The van der Waals surface area contributed by atoms with Crippen LogP contribution in [0.4, 0.5) is 0 Å². The Bertz CT molecular complexity index is 722. The molecule has 1 aliphatic rings. The Hall–Kier alpha value is -1.35. The van der Waals surface area contributed by atoms with E-state index in [2.05, 4.69) is 49.5 Å². The average Bonchev–Trinajstić information content (AvgIpc) is 2.71. The Morgan fingerprint density at radius 2 is 1.97 bits per heavy atom. The van der Waals surface area contributed by atoms with Gasteiger partial charge in [0.15, 0.2) is 5.96 Å². The molecule has 2 rings (SSSR count). The predicted octanol–water partition coefficient (Wildman–Crippen LogP) is 3.61. The Morgan fingerprint density at radius 3 is 2.58 bits per heavy atom. The highest BCUT2D eigenvalue weighted by Crippen LogP contribution is 2.35. The van der Waals surface area contributed by atoms with Crippen LogP contribution >= 0.6 is 24.0 Å². The molecule has 1 aromatic rings. The van der Waals surface area contributed by atoms with Crippen LogP contribution in [0.25, 0.3) is 0 Å². The van der Waals surface area contributed by atoms with Gasteiger partial charge in [-0.15, -0.1) is 24.0 Å². The fourth-order valence-electron chi connectivity index (χ4n) is 4.33. The van der Waals surface area contributed by atoms with Crippen molar-refractivity contribution < 1.29 is 4.79 Å². The molecule has 1 saturated carbocycles. The van der Waals surface area contributed by atoms with Gasteiger partial charge in [0.1, 0.15) is 0 Å². The van der Waals surface area contributed by atoms with Crippen molar-refractivity contribution in [3.05, 3.63) is 35.4 Å². The van der Waals surface area contributed by atoms with Crippen LogP contribution in [0.3, 0.4) is 0 Å². The van der Waals surface area contributed by atoms with E-state index in [9.17, 15) is 4.79 Å². The minimum atomic E-state index is 0. The molecule has 1 aliphatic carbocycles. The van der Waals surface area contributed by atoms with Gasteiger partial charge in [0.25, 0.3) is 5.91 Å². The maximum absolute atomic E-state index is 12.2. The van der Waals surface area contributed by atoms with Crippen molar-refractivity contribution in [3.8, 4) is 0 Å². The van der Waals surface area contributed by atoms with E-state index in [-0.39, 0.29) is 35.4 Å². The topological polar surface area (TPSA) is 60.0 Å². The second kappa shape index (κ2) is 13.3. The number of benzene rings is 1. The summed E-state index contributed by atoms with van der Waals surface area (Å²) < 4.78 is 0. The zero-order valence-electron chi connectivity index (χ0n) is 20.2. The molecule has 2 N–H and O–H groups in total. The molecule has 0 saturated heterocycles. The van der Waals surface area contributed by atoms with Crippen molar-refractivity contribution in [3.63, 3.8) is 0 Å². The van der Waals surface area contributed by atoms with E-state index in [4.69, 9.17) is 4.99 Å². The SMILES string of the molecule is CCNC(=NCC1(N(C)C)CCCC(C)C1)NCCc1cccc(C(=O)N(C)C)c1.I. The van der Waals surface area contributed by atoms with Gasteiger partial charge in [0, 0.05) is 38.3 Å². The molecule has 2 unspecified atom stereocenters. The monoisotopic (exact) mass is 543 g/mol. The summed E-state index contributed by atoms with van der Waals surface area (Å²) in [4.78, 5) is 21.1. The van der Waals surface area contributed by atoms with Gasteiger partial charge in [-0.1, -0.05) is 31.9 Å². The third kappa shape index (κ3) is 8.25. The number of nitrogens with zero attached hydrogens (tertiary/aromatic N) is 3. The zero-order valence-corrected chi connectivity index (χ0v) is 22.5. The van der Waals surface area contributed by atoms with Crippen LogP contribution in [-0.2, 0) is 6.42 Å². The van der Waals surface area contributed by atoms with Crippen LogP contribution in [0.15, 0.2) is 29.3 Å². The van der Waals surface area contributed by atoms with Crippen LogP contribution in [0.2, 0.25) is 0 Å². The lowest BCUT2D eigenvalue weighted by Gasteiger charge is -2.44. The molecule has 6 nitrogen and oxygen atoms in total. The number of rotatable bonds is 8. The number of carbonyl (C=O) groups is 1. The minimum Gasteiger partial charge on any atom is -0.357 e. The normalized spacial score (nSPS) is 21.4. The largest absolute Gasteiger partial charge is 0.357 e. The van der Waals surface area contributed by atoms with Crippen LogP contribution < -0.4 is 10.6 Å². The second-order valence-corrected chi connectivity index (χ2v) is 9.09. The number of hydrogen-bond acceptors (Lipinski definition) is 3. The molecule has 0 spiro atoms. The van der Waals surface area contributed by atoms with E-state index in [0.717, 1.165) is 49.1 Å². The number of guanidine groups is 1. The number of aliphatic imine (C=N–C) groups is 1. The lowest BCUT2D eigenvalue weighted by Crippen LogP contribution is -2.51. The molecule has 1 fully saturated rings. The third-order valence-corrected chi connectivity index (χ3v) is 6.18. The van der Waals surface area contributed by atoms with Gasteiger partial charge in [0.05, 0.1) is 6.54 Å². The fraction of sp³-hybridized carbons (Fsp3) is 0.667. The quantitative estimate of drug-likeness (QED) is 0.299. The number of halogens is 1. The number of hydrogen-bond donors (Lipinski definition) is 2. The van der Waals surface area contributed by atoms with Crippen LogP contribution in [-0.4, -0.2) is 75.0 Å². The number of nitrogens with one attached hydrogen (secondary N) is 2. The maximum Gasteiger partial charge on any atom is 0.253 e. The van der Waals surface area contributed by atoms with E-state index in [1.54, 1.807) is 19.0 Å². The van der Waals surface area contributed by atoms with Crippen LogP contribution in [0, 0.1) is 5.92 Å². The summed E-state index contributed by atoms with van der Waals surface area (Å²) in [6.07, 6.45) is 5.86. The Kier molecular flexibility index (Phi) is 11.8. The molecule has 1 aromatic carbocycles. The molecule has 0 bridgehead atoms. The lowest BCUT2D eigenvalue weighted by molar-refractivity contribution is 0.0827. The highest BCUT2D eigenvalue weighted by Gasteiger charge is 2.36. The highest BCUT2D eigenvalue weighted by atomic mass is 127. The summed E-state index contributed by atoms with van der Waals surface area (Å²) in [5.41, 5.74) is 2.04. The van der Waals surface area contributed by atoms with Crippen molar-refractivity contribution in [1.82, 2.24) is 20.4 Å². The van der Waals surface area contributed by atoms with Gasteiger partial charge in [-0.25, -0.2) is 0 Å². The first-order valence-electron chi connectivity index (χ1n) is 11.3. The first-order chi connectivity index (χ1) is 14.3. The Labute approximate surface area is 206 Å². The van der Waals surface area contributed by atoms with Gasteiger partial charge in [0.2, 0.25) is 0 Å². The molecular weight excluding hydrogens is 501 g/mol. The first kappa shape index (κ1) is 27.7. The van der Waals surface area contributed by atoms with E-state index >= 15 is 0 Å². The zero-order chi connectivity index (χ0) is 22.1. The number of carbonyl (C=O) groups excluding carboxylic acids is 1. The van der Waals surface area contributed by atoms with Gasteiger partial charge >= 0.3 is 0 Å². The van der Waals surface area contributed by atoms with Gasteiger partial charge in [-0.05, 0) is 63.9 Å². The summed E-state index contributed by atoms with van der Waals surface area (Å²) in [6, 6.07) is 7.88. The molecule has 0 aliphatic heterocycles. The fourth-order valence-corrected chi connectivity index (χ4v) is 4.33.